The summed E-state index contributed by atoms with van der Waals surface area (Å²) in [6, 6.07) is 10.8. The first-order chi connectivity index (χ1) is 13.0. The molecule has 0 amide bonds. The lowest BCUT2D eigenvalue weighted by Crippen LogP contribution is -2.55. The van der Waals surface area contributed by atoms with Crippen LogP contribution in [-0.4, -0.2) is 27.8 Å². The predicted octanol–water partition coefficient (Wildman–Crippen LogP) is 3.90. The predicted molar refractivity (Wildman–Crippen MR) is 104 cm³/mol. The summed E-state index contributed by atoms with van der Waals surface area (Å²) < 4.78 is 5.49. The number of aryl methyl sites for hydroxylation is 1. The van der Waals surface area contributed by atoms with Crippen molar-refractivity contribution in [2.24, 2.45) is 5.92 Å². The van der Waals surface area contributed by atoms with Gasteiger partial charge < -0.3 is 14.8 Å². The first kappa shape index (κ1) is 15.7. The number of para-hydroxylation sites is 1. The number of benzene rings is 2. The van der Waals surface area contributed by atoms with Crippen molar-refractivity contribution in [3.05, 3.63) is 47.0 Å². The lowest BCUT2D eigenvalue weighted by Gasteiger charge is -2.49. The Labute approximate surface area is 157 Å². The van der Waals surface area contributed by atoms with E-state index in [4.69, 9.17) is 4.74 Å². The van der Waals surface area contributed by atoms with Crippen LogP contribution >= 0.6 is 0 Å². The number of aliphatic hydroxyl groups excluding tert-OH is 1. The van der Waals surface area contributed by atoms with Crippen LogP contribution in [0, 0.1) is 12.8 Å². The minimum Gasteiger partial charge on any atom is -0.441 e. The van der Waals surface area contributed by atoms with Crippen molar-refractivity contribution < 1.29 is 14.6 Å². The van der Waals surface area contributed by atoms with Gasteiger partial charge >= 0.3 is 5.97 Å². The van der Waals surface area contributed by atoms with Crippen LogP contribution in [0.3, 0.4) is 0 Å². The topological polar surface area (TPSA) is 65.6 Å². The average Bonchev–Trinajstić information content (AvgIpc) is 3.17. The summed E-state index contributed by atoms with van der Waals surface area (Å²) in [6.07, 6.45) is 2.65. The molecule has 2 fully saturated rings. The highest BCUT2D eigenvalue weighted by Gasteiger charge is 2.73. The van der Waals surface area contributed by atoms with Gasteiger partial charge in [-0.25, -0.2) is 4.79 Å². The van der Waals surface area contributed by atoms with E-state index in [0.717, 1.165) is 24.8 Å². The van der Waals surface area contributed by atoms with E-state index in [-0.39, 0.29) is 17.3 Å². The molecule has 0 bridgehead atoms. The van der Waals surface area contributed by atoms with Gasteiger partial charge in [-0.1, -0.05) is 25.1 Å². The number of hydrogen-bond donors (Lipinski definition) is 2. The van der Waals surface area contributed by atoms with Crippen molar-refractivity contribution >= 4 is 27.8 Å². The largest absolute Gasteiger partial charge is 0.441 e. The van der Waals surface area contributed by atoms with E-state index in [0.29, 0.717) is 6.42 Å². The Morgan fingerprint density at radius 2 is 2.00 bits per heavy atom. The molecule has 138 valence electrons. The third-order valence-electron chi connectivity index (χ3n) is 7.74. The van der Waals surface area contributed by atoms with Crippen LogP contribution in [0.1, 0.15) is 42.9 Å². The second-order valence-electron chi connectivity index (χ2n) is 8.87. The fourth-order valence-corrected chi connectivity index (χ4v) is 6.25. The molecule has 1 aromatic heterocycles. The fraction of sp³-hybridized carbons (Fsp3) is 0.435. The summed E-state index contributed by atoms with van der Waals surface area (Å²) in [5.41, 5.74) is 5.37. The Kier molecular flexibility index (Phi) is 2.76. The van der Waals surface area contributed by atoms with E-state index in [1.54, 1.807) is 0 Å². The van der Waals surface area contributed by atoms with Gasteiger partial charge in [0.15, 0.2) is 0 Å². The molecule has 2 aliphatic carbocycles. The first-order valence-corrected chi connectivity index (χ1v) is 9.91. The molecule has 4 atom stereocenters. The molecule has 3 aromatic rings. The SMILES string of the molecule is Cc1c2c(cc3c1[nH]c1ccccc13)[C@@]1(C)CC[C@H](O)[C@]3(OC3=O)[C@@H]1CC2. The van der Waals surface area contributed by atoms with Gasteiger partial charge in [-0.2, -0.15) is 0 Å². The van der Waals surface area contributed by atoms with Crippen molar-refractivity contribution in [1.29, 1.82) is 0 Å². The summed E-state index contributed by atoms with van der Waals surface area (Å²) in [5.74, 6) is -0.157. The molecule has 1 spiro atoms. The second kappa shape index (κ2) is 4.74. The molecule has 0 unspecified atom stereocenters. The number of aliphatic hydroxyl groups is 1. The molecule has 27 heavy (non-hydrogen) atoms. The number of aromatic amines is 1. The molecule has 1 aliphatic heterocycles. The van der Waals surface area contributed by atoms with Gasteiger partial charge in [0.1, 0.15) is 6.10 Å². The Morgan fingerprint density at radius 3 is 2.78 bits per heavy atom. The number of ether oxygens (including phenoxy) is 1. The van der Waals surface area contributed by atoms with Gasteiger partial charge in [-0.15, -0.1) is 0 Å². The Balaban J connectivity index is 1.63. The van der Waals surface area contributed by atoms with Gasteiger partial charge in [-0.3, -0.25) is 0 Å². The number of nitrogens with one attached hydrogen (secondary N) is 1. The Morgan fingerprint density at radius 1 is 1.22 bits per heavy atom. The van der Waals surface area contributed by atoms with Gasteiger partial charge in [0, 0.05) is 33.1 Å². The minimum atomic E-state index is -0.951. The van der Waals surface area contributed by atoms with Crippen molar-refractivity contribution in [2.75, 3.05) is 0 Å². The van der Waals surface area contributed by atoms with Crippen LogP contribution in [-0.2, 0) is 21.4 Å². The second-order valence-corrected chi connectivity index (χ2v) is 8.87. The standard InChI is InChI=1S/C23H23NO3/c1-12-13-7-8-18-22(2,10-9-19(25)23(18)21(26)27-23)16(13)11-15-14-5-3-4-6-17(14)24-20(12)15/h3-6,11,18-19,24-25H,7-10H2,1-2H3/t18-,19+,22-,23-/m1/s1. The smallest absolute Gasteiger partial charge is 0.354 e. The fourth-order valence-electron chi connectivity index (χ4n) is 6.25. The molecule has 3 aliphatic rings. The summed E-state index contributed by atoms with van der Waals surface area (Å²) in [7, 11) is 0. The molecular formula is C23H23NO3. The number of carbonyl (C=O) groups excluding carboxylic acids is 1. The number of hydrogen-bond acceptors (Lipinski definition) is 3. The van der Waals surface area contributed by atoms with Crippen LogP contribution in [0.4, 0.5) is 0 Å². The zero-order valence-electron chi connectivity index (χ0n) is 15.6. The number of rotatable bonds is 0. The molecule has 4 nitrogen and oxygen atoms in total. The van der Waals surface area contributed by atoms with Crippen LogP contribution in [0.25, 0.3) is 21.8 Å². The highest BCUT2D eigenvalue weighted by molar-refractivity contribution is 6.09. The Bertz CT molecular complexity index is 1150. The molecule has 1 saturated carbocycles. The van der Waals surface area contributed by atoms with E-state index < -0.39 is 11.7 Å². The van der Waals surface area contributed by atoms with Crippen molar-refractivity contribution in [1.82, 2.24) is 4.98 Å². The average molecular weight is 361 g/mol. The number of carbonyl (C=O) groups is 1. The summed E-state index contributed by atoms with van der Waals surface area (Å²) in [4.78, 5) is 15.8. The highest BCUT2D eigenvalue weighted by Crippen LogP contribution is 2.60. The third kappa shape index (κ3) is 1.71. The lowest BCUT2D eigenvalue weighted by atomic mass is 9.53. The van der Waals surface area contributed by atoms with E-state index in [1.165, 1.54) is 33.0 Å². The van der Waals surface area contributed by atoms with E-state index in [1.807, 2.05) is 0 Å². The summed E-state index contributed by atoms with van der Waals surface area (Å²) in [5, 5.41) is 13.1. The molecule has 2 heterocycles. The first-order valence-electron chi connectivity index (χ1n) is 9.91. The summed E-state index contributed by atoms with van der Waals surface area (Å²) >= 11 is 0. The van der Waals surface area contributed by atoms with E-state index in [2.05, 4.69) is 49.2 Å². The molecule has 0 radical (unpaired) electrons. The molecule has 6 rings (SSSR count). The molecule has 2 N–H and O–H groups in total. The maximum atomic E-state index is 12.2. The van der Waals surface area contributed by atoms with Crippen molar-refractivity contribution in [3.8, 4) is 0 Å². The molecule has 1 saturated heterocycles. The maximum absolute atomic E-state index is 12.2. The maximum Gasteiger partial charge on any atom is 0.354 e. The van der Waals surface area contributed by atoms with Gasteiger partial charge in [0.25, 0.3) is 0 Å². The molecular weight excluding hydrogens is 338 g/mol. The van der Waals surface area contributed by atoms with Crippen molar-refractivity contribution in [3.63, 3.8) is 0 Å². The highest BCUT2D eigenvalue weighted by atomic mass is 16.7. The zero-order chi connectivity index (χ0) is 18.6. The normalized spacial score (nSPS) is 34.6. The zero-order valence-corrected chi connectivity index (χ0v) is 15.6. The Hall–Kier alpha value is -2.33. The van der Waals surface area contributed by atoms with Gasteiger partial charge in [0.2, 0.25) is 5.60 Å². The lowest BCUT2D eigenvalue weighted by molar-refractivity contribution is -0.118. The summed E-state index contributed by atoms with van der Waals surface area (Å²) in [6.45, 7) is 4.49. The van der Waals surface area contributed by atoms with Crippen molar-refractivity contribution in [2.45, 2.75) is 56.7 Å². The number of epoxide rings is 1. The van der Waals surface area contributed by atoms with Gasteiger partial charge in [0.05, 0.1) is 0 Å². The third-order valence-corrected chi connectivity index (χ3v) is 7.74. The number of H-pyrrole nitrogens is 1. The molecule has 4 heteroatoms. The molecule has 2 aromatic carbocycles. The monoisotopic (exact) mass is 361 g/mol. The van der Waals surface area contributed by atoms with Crippen LogP contribution in [0.2, 0.25) is 0 Å². The number of aromatic nitrogens is 1. The quantitative estimate of drug-likeness (QED) is 0.597. The van der Waals surface area contributed by atoms with Gasteiger partial charge in [-0.05, 0) is 61.4 Å². The van der Waals surface area contributed by atoms with E-state index in [9.17, 15) is 9.90 Å². The van der Waals surface area contributed by atoms with Crippen LogP contribution in [0.15, 0.2) is 30.3 Å². The van der Waals surface area contributed by atoms with Crippen LogP contribution in [0.5, 0.6) is 0 Å². The van der Waals surface area contributed by atoms with Crippen LogP contribution < -0.4 is 0 Å². The minimum absolute atomic E-state index is 0.0517. The number of fused-ring (bicyclic) bond motifs is 7. The van der Waals surface area contributed by atoms with E-state index >= 15 is 0 Å².